The van der Waals surface area contributed by atoms with E-state index in [1.165, 1.54) is 5.56 Å². The molecule has 184 valence electrons. The van der Waals surface area contributed by atoms with Gasteiger partial charge in [-0.25, -0.2) is 4.79 Å². The zero-order valence-electron chi connectivity index (χ0n) is 22.0. The Balaban J connectivity index is -0.000000499. The van der Waals surface area contributed by atoms with Gasteiger partial charge in [-0.3, -0.25) is 0 Å². The zero-order chi connectivity index (χ0) is 24.6. The number of carbonyl (C=O) groups is 1. The van der Waals surface area contributed by atoms with Crippen LogP contribution in [-0.4, -0.2) is 34.8 Å². The average Bonchev–Trinajstić information content (AvgIpc) is 2.73. The third kappa shape index (κ3) is 16.8. The van der Waals surface area contributed by atoms with Crippen LogP contribution in [0.1, 0.15) is 71.6 Å². The smallest absolute Gasteiger partial charge is 1.00 e. The summed E-state index contributed by atoms with van der Waals surface area (Å²) in [4.78, 5) is 11.5. The van der Waals surface area contributed by atoms with Gasteiger partial charge in [0.05, 0.1) is 0 Å². The monoisotopic (exact) mass is 496 g/mol. The van der Waals surface area contributed by atoms with E-state index in [-0.39, 0.29) is 35.5 Å². The number of rotatable bonds is 6. The summed E-state index contributed by atoms with van der Waals surface area (Å²) in [5.74, 6) is 1.12. The van der Waals surface area contributed by atoms with E-state index in [1.807, 2.05) is 62.7 Å². The second kappa shape index (κ2) is 20.6. The predicted octanol–water partition coefficient (Wildman–Crippen LogP) is 5.33. The van der Waals surface area contributed by atoms with Gasteiger partial charge in [-0.1, -0.05) is 87.2 Å². The van der Waals surface area contributed by atoms with Crippen LogP contribution in [0.4, 0.5) is 4.79 Å². The number of allylic oxidation sites excluding steroid dienone is 1. The summed E-state index contributed by atoms with van der Waals surface area (Å²) in [6.45, 7) is 21.3. The van der Waals surface area contributed by atoms with Gasteiger partial charge in [0.2, 0.25) is 0 Å². The van der Waals surface area contributed by atoms with E-state index in [9.17, 15) is 4.79 Å². The van der Waals surface area contributed by atoms with E-state index in [4.69, 9.17) is 9.47 Å². The van der Waals surface area contributed by atoms with Crippen LogP contribution >= 0.6 is 0 Å². The molecule has 0 aliphatic heterocycles. The van der Waals surface area contributed by atoms with Crippen LogP contribution in [0.3, 0.4) is 0 Å². The van der Waals surface area contributed by atoms with Gasteiger partial charge in [0.15, 0.2) is 0 Å². The number of hydrogen-bond donors (Lipinski definition) is 0. The number of hydrogen-bond acceptors (Lipinski definition) is 3. The summed E-state index contributed by atoms with van der Waals surface area (Å²) in [5.41, 5.74) is 1.68. The molecular weight excluding hydrogens is 456 g/mol. The summed E-state index contributed by atoms with van der Waals surface area (Å²) < 4.78 is 10.3. The first-order valence-corrected chi connectivity index (χ1v) is 11.1. The minimum Gasteiger partial charge on any atom is -1.00 e. The van der Waals surface area contributed by atoms with Crippen LogP contribution in [0.5, 0.6) is 0 Å². The maximum atomic E-state index is 11.5. The maximum Gasteiger partial charge on any atom is 2.00 e. The first kappa shape index (κ1) is 36.8. The molecule has 0 radical (unpaired) electrons. The van der Waals surface area contributed by atoms with Crippen LogP contribution in [0.15, 0.2) is 86.0 Å². The van der Waals surface area contributed by atoms with Crippen LogP contribution in [-0.2, 0) is 9.47 Å². The van der Waals surface area contributed by atoms with Gasteiger partial charge in [0.25, 0.3) is 0 Å². The Labute approximate surface area is 230 Å². The molecule has 0 aromatic heterocycles. The fourth-order valence-electron chi connectivity index (χ4n) is 2.74. The summed E-state index contributed by atoms with van der Waals surface area (Å²) in [6.07, 6.45) is 4.43. The minimum absolute atomic E-state index is 0. The molecule has 0 aliphatic carbocycles. The van der Waals surface area contributed by atoms with Gasteiger partial charge in [0, 0.05) is 5.92 Å². The molecule has 0 amide bonds. The van der Waals surface area contributed by atoms with Gasteiger partial charge in [0.1, 0.15) is 11.7 Å². The van der Waals surface area contributed by atoms with Crippen molar-refractivity contribution in [2.24, 2.45) is 5.92 Å². The van der Waals surface area contributed by atoms with Gasteiger partial charge in [-0.15, -0.1) is 6.58 Å². The molecule has 5 heteroatoms. The molecule has 2 atom stereocenters. The standard InChI is InChI=1S/C14H18O3.C12H16.C3H7.ClH.Mg/c1-5-12(11-9-7-6-8-10-11)16-13(15)17-14(2,3)4;1-4-12(10(2)3)11-8-6-5-7-9-11;1-3-2;;/h5-10,12H,1H2,2-4H3;4-10,12H,1H2,2-3H3;3H,1-2H3;1H;/q;;-1;;+2/p-1/t;12-;;;/m.0.../s1. The largest absolute Gasteiger partial charge is 2.00 e. The normalized spacial score (nSPS) is 11.4. The number of benzene rings is 2. The zero-order valence-corrected chi connectivity index (χ0v) is 24.1. The minimum atomic E-state index is -0.689. The van der Waals surface area contributed by atoms with E-state index in [0.29, 0.717) is 11.8 Å². The molecule has 0 saturated carbocycles. The average molecular weight is 497 g/mol. The summed E-state index contributed by atoms with van der Waals surface area (Å²) in [7, 11) is 0. The molecule has 0 heterocycles. The molecule has 0 saturated heterocycles. The molecule has 0 bridgehead atoms. The van der Waals surface area contributed by atoms with Crippen molar-refractivity contribution in [2.45, 2.75) is 66.1 Å². The van der Waals surface area contributed by atoms with E-state index in [1.54, 1.807) is 26.8 Å². The van der Waals surface area contributed by atoms with Crippen molar-refractivity contribution in [3.8, 4) is 0 Å². The second-order valence-corrected chi connectivity index (χ2v) is 8.64. The van der Waals surface area contributed by atoms with E-state index in [2.05, 4.69) is 51.3 Å². The maximum absolute atomic E-state index is 11.5. The Hall–Kier alpha value is -1.75. The topological polar surface area (TPSA) is 35.5 Å². The van der Waals surface area contributed by atoms with Crippen molar-refractivity contribution in [2.75, 3.05) is 0 Å². The SMILES string of the molecule is C=CC(OC(=O)OC(C)(C)C)c1ccccc1.C=C[C@H](c1ccccc1)C(C)C.C[CH-]C.[Cl-].[Mg+2]. The molecule has 1 unspecified atom stereocenters. The molecule has 3 nitrogen and oxygen atoms in total. The molecular formula is C29H41ClMgO3. The van der Waals surface area contributed by atoms with Crippen LogP contribution in [0.25, 0.3) is 0 Å². The van der Waals surface area contributed by atoms with Crippen LogP contribution < -0.4 is 12.4 Å². The molecule has 0 spiro atoms. The van der Waals surface area contributed by atoms with E-state index < -0.39 is 17.9 Å². The first-order valence-electron chi connectivity index (χ1n) is 11.1. The molecule has 34 heavy (non-hydrogen) atoms. The summed E-state index contributed by atoms with van der Waals surface area (Å²) in [5, 5.41) is 0. The molecule has 2 aromatic carbocycles. The quantitative estimate of drug-likeness (QED) is 0.234. The summed E-state index contributed by atoms with van der Waals surface area (Å²) in [6, 6.07) is 19.9. The number of carbonyl (C=O) groups excluding carboxylic acids is 1. The third-order valence-corrected chi connectivity index (χ3v) is 4.11. The predicted molar refractivity (Wildman–Crippen MR) is 142 cm³/mol. The van der Waals surface area contributed by atoms with Crippen molar-refractivity contribution in [3.05, 3.63) is 104 Å². The van der Waals surface area contributed by atoms with Crippen LogP contribution in [0.2, 0.25) is 0 Å². The fraction of sp³-hybridized carbons (Fsp3) is 0.379. The van der Waals surface area contributed by atoms with Crippen molar-refractivity contribution >= 4 is 29.2 Å². The molecule has 0 N–H and O–H groups in total. The fourth-order valence-corrected chi connectivity index (χ4v) is 2.74. The van der Waals surface area contributed by atoms with Gasteiger partial charge < -0.3 is 28.3 Å². The Bertz CT molecular complexity index is 771. The van der Waals surface area contributed by atoms with Gasteiger partial charge in [-0.05, 0) is 43.9 Å². The first-order chi connectivity index (χ1) is 15.1. The molecule has 2 aromatic rings. The van der Waals surface area contributed by atoms with Gasteiger partial charge in [-0.2, -0.15) is 13.8 Å². The van der Waals surface area contributed by atoms with E-state index >= 15 is 0 Å². The Morgan fingerprint density at radius 3 is 1.62 bits per heavy atom. The molecule has 0 aliphatic rings. The second-order valence-electron chi connectivity index (χ2n) is 8.64. The Morgan fingerprint density at radius 2 is 1.29 bits per heavy atom. The number of halogens is 1. The van der Waals surface area contributed by atoms with Gasteiger partial charge >= 0.3 is 29.2 Å². The van der Waals surface area contributed by atoms with Crippen molar-refractivity contribution in [1.29, 1.82) is 0 Å². The van der Waals surface area contributed by atoms with Crippen molar-refractivity contribution in [1.82, 2.24) is 0 Å². The summed E-state index contributed by atoms with van der Waals surface area (Å²) >= 11 is 0. The molecule has 0 fully saturated rings. The van der Waals surface area contributed by atoms with Crippen molar-refractivity contribution in [3.63, 3.8) is 0 Å². The Kier molecular flexibility index (Phi) is 22.3. The third-order valence-electron chi connectivity index (χ3n) is 4.11. The van der Waals surface area contributed by atoms with Crippen LogP contribution in [0, 0.1) is 12.3 Å². The molecule has 2 rings (SSSR count). The Morgan fingerprint density at radius 1 is 0.882 bits per heavy atom. The number of ether oxygens (including phenoxy) is 2. The van der Waals surface area contributed by atoms with Crippen molar-refractivity contribution < 1.29 is 26.7 Å². The van der Waals surface area contributed by atoms with E-state index in [0.717, 1.165) is 5.56 Å².